The minimum atomic E-state index is 0.745. The van der Waals surface area contributed by atoms with E-state index in [1.807, 2.05) is 18.2 Å². The number of hydrogen-bond donors (Lipinski definition) is 2. The van der Waals surface area contributed by atoms with Gasteiger partial charge in [-0.3, -0.25) is 4.90 Å². The fourth-order valence-electron chi connectivity index (χ4n) is 2.19. The second-order valence-electron chi connectivity index (χ2n) is 4.37. The summed E-state index contributed by atoms with van der Waals surface area (Å²) < 4.78 is 0. The number of benzene rings is 1. The molecule has 3 rings (SSSR count). The second-order valence-corrected chi connectivity index (χ2v) is 4.81. The van der Waals surface area contributed by atoms with Gasteiger partial charge in [0, 0.05) is 31.2 Å². The Kier molecular flexibility index (Phi) is 3.01. The number of piperazine rings is 1. The predicted octanol–water partition coefficient (Wildman–Crippen LogP) is 1.62. The topological polar surface area (TPSA) is 44.0 Å². The van der Waals surface area contributed by atoms with Crippen molar-refractivity contribution in [2.24, 2.45) is 0 Å². The smallest absolute Gasteiger partial charge is 0.121 e. The maximum atomic E-state index is 5.95. The van der Waals surface area contributed by atoms with Crippen LogP contribution >= 0.6 is 11.6 Å². The Labute approximate surface area is 105 Å². The van der Waals surface area contributed by atoms with Crippen molar-refractivity contribution in [3.63, 3.8) is 0 Å². The van der Waals surface area contributed by atoms with Crippen molar-refractivity contribution in [1.82, 2.24) is 20.2 Å². The van der Waals surface area contributed by atoms with Gasteiger partial charge in [0.15, 0.2) is 0 Å². The molecule has 0 spiro atoms. The van der Waals surface area contributed by atoms with Gasteiger partial charge < -0.3 is 10.3 Å². The average molecular weight is 251 g/mol. The molecule has 1 aromatic heterocycles. The molecule has 1 aromatic carbocycles. The number of nitrogens with zero attached hydrogens (tertiary/aromatic N) is 2. The van der Waals surface area contributed by atoms with E-state index in [-0.39, 0.29) is 0 Å². The van der Waals surface area contributed by atoms with Crippen LogP contribution in [0.2, 0.25) is 5.02 Å². The van der Waals surface area contributed by atoms with Crippen molar-refractivity contribution in [2.75, 3.05) is 26.2 Å². The summed E-state index contributed by atoms with van der Waals surface area (Å²) in [5.41, 5.74) is 2.00. The second kappa shape index (κ2) is 4.64. The van der Waals surface area contributed by atoms with E-state index >= 15 is 0 Å². The molecule has 2 heterocycles. The van der Waals surface area contributed by atoms with Crippen LogP contribution in [0.1, 0.15) is 5.82 Å². The maximum Gasteiger partial charge on any atom is 0.121 e. The molecule has 2 N–H and O–H groups in total. The fraction of sp³-hybridized carbons (Fsp3) is 0.417. The molecule has 5 heteroatoms. The Hall–Kier alpha value is -1.10. The van der Waals surface area contributed by atoms with Crippen LogP contribution < -0.4 is 5.32 Å². The van der Waals surface area contributed by atoms with Crippen molar-refractivity contribution in [3.8, 4) is 0 Å². The van der Waals surface area contributed by atoms with Gasteiger partial charge in [0.1, 0.15) is 5.82 Å². The highest BCUT2D eigenvalue weighted by Crippen LogP contribution is 2.17. The van der Waals surface area contributed by atoms with E-state index < -0.39 is 0 Å². The van der Waals surface area contributed by atoms with Gasteiger partial charge in [-0.05, 0) is 18.2 Å². The highest BCUT2D eigenvalue weighted by Gasteiger charge is 2.12. The molecule has 1 aliphatic heterocycles. The first kappa shape index (κ1) is 11.0. The lowest BCUT2D eigenvalue weighted by molar-refractivity contribution is 0.229. The van der Waals surface area contributed by atoms with Gasteiger partial charge in [-0.2, -0.15) is 0 Å². The molecule has 0 atom stereocenters. The largest absolute Gasteiger partial charge is 0.341 e. The Balaban J connectivity index is 1.80. The van der Waals surface area contributed by atoms with Crippen LogP contribution in [-0.2, 0) is 6.54 Å². The molecule has 1 saturated heterocycles. The number of halogens is 1. The molecule has 0 bridgehead atoms. The van der Waals surface area contributed by atoms with E-state index in [0.717, 1.165) is 54.6 Å². The normalized spacial score (nSPS) is 17.7. The number of hydrogen-bond acceptors (Lipinski definition) is 3. The van der Waals surface area contributed by atoms with E-state index in [4.69, 9.17) is 11.6 Å². The molecule has 0 aliphatic carbocycles. The summed E-state index contributed by atoms with van der Waals surface area (Å²) in [6.07, 6.45) is 0. The SMILES string of the molecule is Clc1ccc2nc(CN3CCNCC3)[nH]c2c1. The van der Waals surface area contributed by atoms with Gasteiger partial charge in [0.2, 0.25) is 0 Å². The van der Waals surface area contributed by atoms with E-state index in [1.54, 1.807) is 0 Å². The molecule has 0 saturated carbocycles. The van der Waals surface area contributed by atoms with E-state index in [1.165, 1.54) is 0 Å². The summed E-state index contributed by atoms with van der Waals surface area (Å²) in [6.45, 7) is 5.17. The van der Waals surface area contributed by atoms with Gasteiger partial charge in [0.25, 0.3) is 0 Å². The number of aromatic amines is 1. The van der Waals surface area contributed by atoms with Crippen LogP contribution in [0, 0.1) is 0 Å². The number of imidazole rings is 1. The Morgan fingerprint density at radius 3 is 2.94 bits per heavy atom. The number of fused-ring (bicyclic) bond motifs is 1. The zero-order valence-electron chi connectivity index (χ0n) is 9.54. The van der Waals surface area contributed by atoms with Crippen LogP contribution in [0.5, 0.6) is 0 Å². The minimum Gasteiger partial charge on any atom is -0.341 e. The summed E-state index contributed by atoms with van der Waals surface area (Å²) in [5, 5.41) is 4.09. The Morgan fingerprint density at radius 2 is 2.12 bits per heavy atom. The zero-order chi connectivity index (χ0) is 11.7. The summed E-state index contributed by atoms with van der Waals surface area (Å²) in [6, 6.07) is 5.75. The number of rotatable bonds is 2. The van der Waals surface area contributed by atoms with Crippen molar-refractivity contribution in [3.05, 3.63) is 29.0 Å². The Bertz CT molecular complexity index is 516. The van der Waals surface area contributed by atoms with E-state index in [2.05, 4.69) is 20.2 Å². The number of aromatic nitrogens is 2. The summed E-state index contributed by atoms with van der Waals surface area (Å²) in [5.74, 6) is 1.02. The highest BCUT2D eigenvalue weighted by atomic mass is 35.5. The summed E-state index contributed by atoms with van der Waals surface area (Å²) >= 11 is 5.95. The van der Waals surface area contributed by atoms with E-state index in [0.29, 0.717) is 0 Å². The lowest BCUT2D eigenvalue weighted by Gasteiger charge is -2.26. The zero-order valence-corrected chi connectivity index (χ0v) is 10.3. The van der Waals surface area contributed by atoms with Gasteiger partial charge in [-0.25, -0.2) is 4.98 Å². The molecular formula is C12H15ClN4. The predicted molar refractivity (Wildman–Crippen MR) is 69.3 cm³/mol. The maximum absolute atomic E-state index is 5.95. The third-order valence-corrected chi connectivity index (χ3v) is 3.31. The lowest BCUT2D eigenvalue weighted by atomic mass is 10.3. The molecular weight excluding hydrogens is 236 g/mol. The molecule has 0 unspecified atom stereocenters. The van der Waals surface area contributed by atoms with Crippen LogP contribution in [-0.4, -0.2) is 41.0 Å². The number of H-pyrrole nitrogens is 1. The molecule has 1 aliphatic rings. The minimum absolute atomic E-state index is 0.745. The number of nitrogens with one attached hydrogen (secondary N) is 2. The van der Waals surface area contributed by atoms with Gasteiger partial charge >= 0.3 is 0 Å². The monoisotopic (exact) mass is 250 g/mol. The highest BCUT2D eigenvalue weighted by molar-refractivity contribution is 6.31. The quantitative estimate of drug-likeness (QED) is 0.852. The first-order valence-electron chi connectivity index (χ1n) is 5.88. The summed E-state index contributed by atoms with van der Waals surface area (Å²) in [4.78, 5) is 10.3. The van der Waals surface area contributed by atoms with Gasteiger partial charge in [-0.15, -0.1) is 0 Å². The molecule has 90 valence electrons. The molecule has 17 heavy (non-hydrogen) atoms. The third-order valence-electron chi connectivity index (χ3n) is 3.08. The van der Waals surface area contributed by atoms with Crippen molar-refractivity contribution >= 4 is 22.6 Å². The molecule has 0 radical (unpaired) electrons. The average Bonchev–Trinajstić information content (AvgIpc) is 2.71. The van der Waals surface area contributed by atoms with Crippen molar-refractivity contribution < 1.29 is 0 Å². The summed E-state index contributed by atoms with van der Waals surface area (Å²) in [7, 11) is 0. The van der Waals surface area contributed by atoms with Crippen LogP contribution in [0.4, 0.5) is 0 Å². The van der Waals surface area contributed by atoms with Crippen LogP contribution in [0.3, 0.4) is 0 Å². The molecule has 2 aromatic rings. The third kappa shape index (κ3) is 2.44. The molecule has 0 amide bonds. The Morgan fingerprint density at radius 1 is 1.29 bits per heavy atom. The first-order valence-corrected chi connectivity index (χ1v) is 6.26. The fourth-order valence-corrected chi connectivity index (χ4v) is 2.36. The van der Waals surface area contributed by atoms with Crippen molar-refractivity contribution in [2.45, 2.75) is 6.54 Å². The lowest BCUT2D eigenvalue weighted by Crippen LogP contribution is -2.43. The van der Waals surface area contributed by atoms with Crippen LogP contribution in [0.25, 0.3) is 11.0 Å². The first-order chi connectivity index (χ1) is 8.31. The van der Waals surface area contributed by atoms with Crippen LogP contribution in [0.15, 0.2) is 18.2 Å². The standard InChI is InChI=1S/C12H15ClN4/c13-9-1-2-10-11(7-9)16-12(15-10)8-17-5-3-14-4-6-17/h1-2,7,14H,3-6,8H2,(H,15,16). The van der Waals surface area contributed by atoms with Crippen molar-refractivity contribution in [1.29, 1.82) is 0 Å². The van der Waals surface area contributed by atoms with E-state index in [9.17, 15) is 0 Å². The molecule has 1 fully saturated rings. The van der Waals surface area contributed by atoms with Gasteiger partial charge in [0.05, 0.1) is 17.6 Å². The van der Waals surface area contributed by atoms with Gasteiger partial charge in [-0.1, -0.05) is 11.6 Å². The molecule has 4 nitrogen and oxygen atoms in total.